The maximum Gasteiger partial charge on any atom is 0.137 e. The monoisotopic (exact) mass is 702 g/mol. The number of rotatable bonds is 36. The Kier molecular flexibility index (Phi) is 35.6. The summed E-state index contributed by atoms with van der Waals surface area (Å²) in [5.41, 5.74) is 0. The fraction of sp³-hybridized carbons (Fsp3) is 0.949. The molecule has 0 N–H and O–H groups in total. The lowest BCUT2D eigenvalue weighted by Crippen LogP contribution is -2.19. The summed E-state index contributed by atoms with van der Waals surface area (Å²) in [5.74, 6) is 0.612. The van der Waals surface area contributed by atoms with E-state index in [0.717, 1.165) is 17.3 Å². The Hall–Kier alpha value is 0.0700. The lowest BCUT2D eigenvalue weighted by Gasteiger charge is -2.12. The van der Waals surface area contributed by atoms with Crippen molar-refractivity contribution in [2.24, 2.45) is 5.92 Å². The molecular weight excluding hydrogens is 627 g/mol. The highest BCUT2D eigenvalue weighted by Gasteiger charge is 2.20. The van der Waals surface area contributed by atoms with Crippen molar-refractivity contribution in [1.82, 2.24) is 0 Å². The van der Waals surface area contributed by atoms with E-state index in [1.807, 2.05) is 0 Å². The Morgan fingerprint density at radius 1 is 0.405 bits per heavy atom. The summed E-state index contributed by atoms with van der Waals surface area (Å²) >= 11 is 2.31. The van der Waals surface area contributed by atoms with E-state index in [1.54, 1.807) is 0 Å². The first-order valence-electron chi connectivity index (χ1n) is 19.3. The molecule has 3 heteroatoms. The average molecular weight is 703 g/mol. The summed E-state index contributed by atoms with van der Waals surface area (Å²) in [6.07, 6.45) is 42.3. The van der Waals surface area contributed by atoms with Gasteiger partial charge in [-0.2, -0.15) is 0 Å². The predicted molar refractivity (Wildman–Crippen MR) is 196 cm³/mol. The summed E-state index contributed by atoms with van der Waals surface area (Å²) in [6.45, 7) is 4.57. The molecule has 0 amide bonds. The van der Waals surface area contributed by atoms with Gasteiger partial charge in [-0.3, -0.25) is 9.59 Å². The summed E-state index contributed by atoms with van der Waals surface area (Å²) in [4.78, 5) is 25.2. The van der Waals surface area contributed by atoms with Gasteiger partial charge in [0, 0.05) is 29.6 Å². The summed E-state index contributed by atoms with van der Waals surface area (Å²) in [6, 6.07) is 0. The number of ketones is 2. The van der Waals surface area contributed by atoms with E-state index in [4.69, 9.17) is 0 Å². The zero-order valence-electron chi connectivity index (χ0n) is 28.8. The van der Waals surface area contributed by atoms with Crippen molar-refractivity contribution in [1.29, 1.82) is 0 Å². The Morgan fingerprint density at radius 2 is 0.667 bits per heavy atom. The first-order chi connectivity index (χ1) is 20.7. The minimum atomic E-state index is -0.0407. The van der Waals surface area contributed by atoms with Gasteiger partial charge in [-0.1, -0.05) is 216 Å². The minimum absolute atomic E-state index is 0.0407. The van der Waals surface area contributed by atoms with Crippen molar-refractivity contribution in [2.45, 2.75) is 226 Å². The quantitative estimate of drug-likeness (QED) is 0.0370. The molecule has 0 saturated heterocycles. The van der Waals surface area contributed by atoms with E-state index in [0.29, 0.717) is 30.8 Å². The van der Waals surface area contributed by atoms with Crippen LogP contribution in [0.15, 0.2) is 0 Å². The van der Waals surface area contributed by atoms with Crippen LogP contribution in [0.1, 0.15) is 226 Å². The number of carbonyl (C=O) groups excluding carboxylic acids is 2. The first kappa shape index (κ1) is 42.1. The Morgan fingerprint density at radius 3 is 0.952 bits per heavy atom. The molecule has 0 aromatic carbocycles. The van der Waals surface area contributed by atoms with Gasteiger partial charge in [-0.05, 0) is 12.8 Å². The normalized spacial score (nSPS) is 12.2. The fourth-order valence-electron chi connectivity index (χ4n) is 6.20. The molecule has 0 aromatic heterocycles. The van der Waals surface area contributed by atoms with E-state index < -0.39 is 0 Å². The topological polar surface area (TPSA) is 34.1 Å². The molecule has 0 aliphatic carbocycles. The van der Waals surface area contributed by atoms with Crippen LogP contribution in [0.5, 0.6) is 0 Å². The van der Waals surface area contributed by atoms with Crippen LogP contribution in [0.3, 0.4) is 0 Å². The van der Waals surface area contributed by atoms with Crippen LogP contribution >= 0.6 is 22.6 Å². The van der Waals surface area contributed by atoms with E-state index in [9.17, 15) is 9.59 Å². The molecule has 0 spiro atoms. The smallest absolute Gasteiger partial charge is 0.137 e. The fourth-order valence-corrected chi connectivity index (χ4v) is 7.00. The second-order valence-electron chi connectivity index (χ2n) is 13.5. The Bertz CT molecular complexity index is 561. The van der Waals surface area contributed by atoms with Crippen molar-refractivity contribution >= 4 is 34.2 Å². The van der Waals surface area contributed by atoms with Gasteiger partial charge in [0.25, 0.3) is 0 Å². The van der Waals surface area contributed by atoms with Gasteiger partial charge in [0.05, 0.1) is 0 Å². The van der Waals surface area contributed by atoms with Gasteiger partial charge >= 0.3 is 0 Å². The van der Waals surface area contributed by atoms with Gasteiger partial charge in [-0.25, -0.2) is 0 Å². The highest BCUT2D eigenvalue weighted by molar-refractivity contribution is 14.1. The van der Waals surface area contributed by atoms with Crippen molar-refractivity contribution in [2.75, 3.05) is 4.43 Å². The molecule has 0 bridgehead atoms. The van der Waals surface area contributed by atoms with Gasteiger partial charge in [-0.15, -0.1) is 0 Å². The largest absolute Gasteiger partial charge is 0.300 e. The number of carbonyl (C=O) groups is 2. The molecule has 0 radical (unpaired) electrons. The van der Waals surface area contributed by atoms with Gasteiger partial charge < -0.3 is 0 Å². The second-order valence-corrected chi connectivity index (χ2v) is 14.3. The molecule has 0 fully saturated rings. The van der Waals surface area contributed by atoms with Crippen molar-refractivity contribution in [3.05, 3.63) is 0 Å². The van der Waals surface area contributed by atoms with Crippen LogP contribution < -0.4 is 0 Å². The third-order valence-electron chi connectivity index (χ3n) is 9.20. The maximum absolute atomic E-state index is 12.7. The Labute approximate surface area is 278 Å². The first-order valence-corrected chi connectivity index (χ1v) is 20.8. The van der Waals surface area contributed by atoms with Crippen LogP contribution in [-0.4, -0.2) is 16.0 Å². The van der Waals surface area contributed by atoms with Crippen LogP contribution in [-0.2, 0) is 9.59 Å². The predicted octanol–water partition coefficient (Wildman–Crippen LogP) is 14.1. The lowest BCUT2D eigenvalue weighted by atomic mass is 9.93. The molecule has 1 atom stereocenters. The highest BCUT2D eigenvalue weighted by Crippen LogP contribution is 2.19. The highest BCUT2D eigenvalue weighted by atomic mass is 127. The van der Waals surface area contributed by atoms with Gasteiger partial charge in [0.15, 0.2) is 0 Å². The summed E-state index contributed by atoms with van der Waals surface area (Å²) in [5, 5.41) is 0. The molecule has 2 nitrogen and oxygen atoms in total. The van der Waals surface area contributed by atoms with Crippen molar-refractivity contribution in [3.8, 4) is 0 Å². The molecule has 0 aliphatic heterocycles. The van der Waals surface area contributed by atoms with Crippen molar-refractivity contribution < 1.29 is 9.59 Å². The number of Topliss-reactive ketones (excluding diaryl/α,β-unsaturated/α-hetero) is 2. The van der Waals surface area contributed by atoms with Crippen molar-refractivity contribution in [3.63, 3.8) is 0 Å². The molecule has 0 heterocycles. The minimum Gasteiger partial charge on any atom is -0.300 e. The number of halogens is 1. The van der Waals surface area contributed by atoms with E-state index in [2.05, 4.69) is 36.4 Å². The third-order valence-corrected chi connectivity index (χ3v) is 10.3. The van der Waals surface area contributed by atoms with Crippen LogP contribution in [0.25, 0.3) is 0 Å². The van der Waals surface area contributed by atoms with Gasteiger partial charge in [0.1, 0.15) is 11.6 Å². The van der Waals surface area contributed by atoms with Crippen LogP contribution in [0.4, 0.5) is 0 Å². The van der Waals surface area contributed by atoms with E-state index >= 15 is 0 Å². The van der Waals surface area contributed by atoms with E-state index in [-0.39, 0.29) is 5.92 Å². The molecule has 0 rings (SSSR count). The third kappa shape index (κ3) is 31.5. The van der Waals surface area contributed by atoms with E-state index in [1.165, 1.54) is 180 Å². The van der Waals surface area contributed by atoms with Crippen LogP contribution in [0.2, 0.25) is 0 Å². The molecule has 0 aromatic rings. The molecule has 42 heavy (non-hydrogen) atoms. The van der Waals surface area contributed by atoms with Gasteiger partial charge in [0.2, 0.25) is 0 Å². The number of unbranched alkanes of at least 4 members (excludes halogenated alkanes) is 28. The average Bonchev–Trinajstić information content (AvgIpc) is 2.99. The summed E-state index contributed by atoms with van der Waals surface area (Å²) < 4.78 is 0.792. The SMILES string of the molecule is CCCCCCCCCCCCCCCCCC(=O)C[C@@H](CI)C(=O)CCCCCCCCCCCCCCCCC. The summed E-state index contributed by atoms with van der Waals surface area (Å²) in [7, 11) is 0. The molecule has 250 valence electrons. The zero-order chi connectivity index (χ0) is 30.8. The number of alkyl halides is 1. The molecular formula is C39H75IO2. The maximum atomic E-state index is 12.7. The number of hydrogen-bond acceptors (Lipinski definition) is 2. The van der Waals surface area contributed by atoms with Crippen LogP contribution in [0, 0.1) is 5.92 Å². The molecule has 0 saturated carbocycles. The zero-order valence-corrected chi connectivity index (χ0v) is 31.0. The standard InChI is InChI=1S/C39H75IO2/c1-3-5-7-9-11-13-15-17-19-21-23-25-27-29-31-33-38(41)35-37(36-40)39(42)34-32-30-28-26-24-22-20-18-16-14-12-10-8-6-4-2/h37H,3-36H2,1-2H3/t37-/m0/s1. The lowest BCUT2D eigenvalue weighted by molar-refractivity contribution is -0.127. The second kappa shape index (κ2) is 35.5. The Balaban J connectivity index is 3.52. The number of hydrogen-bond donors (Lipinski definition) is 0. The molecule has 0 aliphatic rings. The molecule has 0 unspecified atom stereocenters.